The van der Waals surface area contributed by atoms with Crippen LogP contribution in [0.2, 0.25) is 0 Å². The SMILES string of the molecule is Cc1cc(NC(=O)c2cc3ccccc3c(=O)o2)no1. The highest BCUT2D eigenvalue weighted by Crippen LogP contribution is 2.13. The Labute approximate surface area is 113 Å². The topological polar surface area (TPSA) is 85.3 Å². The number of carbonyl (C=O) groups is 1. The van der Waals surface area contributed by atoms with E-state index < -0.39 is 11.5 Å². The zero-order valence-corrected chi connectivity index (χ0v) is 10.5. The maximum atomic E-state index is 12.0. The maximum Gasteiger partial charge on any atom is 0.344 e. The number of carbonyl (C=O) groups excluding carboxylic acids is 1. The van der Waals surface area contributed by atoms with E-state index in [2.05, 4.69) is 10.5 Å². The van der Waals surface area contributed by atoms with Crippen LogP contribution in [-0.4, -0.2) is 11.1 Å². The van der Waals surface area contributed by atoms with Crippen molar-refractivity contribution in [3.05, 3.63) is 58.3 Å². The Hall–Kier alpha value is -2.89. The predicted octanol–water partition coefficient (Wildman–Crippen LogP) is 2.34. The molecular weight excluding hydrogens is 260 g/mol. The number of anilines is 1. The van der Waals surface area contributed by atoms with E-state index in [1.807, 2.05) is 0 Å². The molecule has 0 aliphatic heterocycles. The van der Waals surface area contributed by atoms with E-state index in [-0.39, 0.29) is 11.6 Å². The van der Waals surface area contributed by atoms with Crippen molar-refractivity contribution in [1.29, 1.82) is 0 Å². The van der Waals surface area contributed by atoms with Crippen LogP contribution in [0.15, 0.2) is 50.1 Å². The summed E-state index contributed by atoms with van der Waals surface area (Å²) in [6.07, 6.45) is 0. The predicted molar refractivity (Wildman–Crippen MR) is 71.7 cm³/mol. The molecular formula is C14H10N2O4. The molecule has 0 spiro atoms. The second-order valence-electron chi connectivity index (χ2n) is 4.26. The molecule has 20 heavy (non-hydrogen) atoms. The molecule has 0 atom stereocenters. The quantitative estimate of drug-likeness (QED) is 0.772. The molecule has 0 aliphatic carbocycles. The zero-order valence-electron chi connectivity index (χ0n) is 10.5. The van der Waals surface area contributed by atoms with Crippen LogP contribution in [0, 0.1) is 6.92 Å². The van der Waals surface area contributed by atoms with Crippen LogP contribution in [0.25, 0.3) is 10.8 Å². The lowest BCUT2D eigenvalue weighted by atomic mass is 10.1. The van der Waals surface area contributed by atoms with Crippen LogP contribution >= 0.6 is 0 Å². The molecule has 3 aromatic rings. The second-order valence-corrected chi connectivity index (χ2v) is 4.26. The third-order valence-corrected chi connectivity index (χ3v) is 2.76. The largest absolute Gasteiger partial charge is 0.417 e. The lowest BCUT2D eigenvalue weighted by Gasteiger charge is -2.01. The Balaban J connectivity index is 1.97. The molecule has 6 heteroatoms. The van der Waals surface area contributed by atoms with Crippen molar-refractivity contribution in [3.63, 3.8) is 0 Å². The fourth-order valence-corrected chi connectivity index (χ4v) is 1.85. The summed E-state index contributed by atoms with van der Waals surface area (Å²) >= 11 is 0. The Kier molecular flexibility index (Phi) is 2.83. The van der Waals surface area contributed by atoms with Gasteiger partial charge in [-0.2, -0.15) is 0 Å². The van der Waals surface area contributed by atoms with Crippen molar-refractivity contribution in [2.45, 2.75) is 6.92 Å². The standard InChI is InChI=1S/C14H10N2O4/c1-8-6-12(16-20-8)15-13(17)11-7-9-4-2-3-5-10(9)14(18)19-11/h2-7H,1H3,(H,15,16,17). The minimum Gasteiger partial charge on any atom is -0.417 e. The van der Waals surface area contributed by atoms with E-state index in [9.17, 15) is 9.59 Å². The molecule has 1 aromatic carbocycles. The third-order valence-electron chi connectivity index (χ3n) is 2.76. The molecule has 1 amide bonds. The van der Waals surface area contributed by atoms with Gasteiger partial charge < -0.3 is 14.3 Å². The van der Waals surface area contributed by atoms with Crippen molar-refractivity contribution in [2.75, 3.05) is 5.32 Å². The lowest BCUT2D eigenvalue weighted by Crippen LogP contribution is -2.15. The van der Waals surface area contributed by atoms with Gasteiger partial charge in [-0.1, -0.05) is 23.4 Å². The third kappa shape index (κ3) is 2.18. The van der Waals surface area contributed by atoms with Gasteiger partial charge in [0, 0.05) is 6.07 Å². The highest BCUT2D eigenvalue weighted by Gasteiger charge is 2.13. The smallest absolute Gasteiger partial charge is 0.344 e. The summed E-state index contributed by atoms with van der Waals surface area (Å²) in [4.78, 5) is 23.8. The molecule has 0 saturated carbocycles. The Morgan fingerprint density at radius 2 is 2.05 bits per heavy atom. The maximum absolute atomic E-state index is 12.0. The summed E-state index contributed by atoms with van der Waals surface area (Å²) in [5, 5.41) is 7.21. The van der Waals surface area contributed by atoms with Gasteiger partial charge in [-0.25, -0.2) is 4.79 Å². The molecule has 2 aromatic heterocycles. The fraction of sp³-hybridized carbons (Fsp3) is 0.0714. The van der Waals surface area contributed by atoms with Gasteiger partial charge in [-0.05, 0) is 24.4 Å². The summed E-state index contributed by atoms with van der Waals surface area (Å²) in [7, 11) is 0. The first-order valence-electron chi connectivity index (χ1n) is 5.91. The van der Waals surface area contributed by atoms with Crippen molar-refractivity contribution >= 4 is 22.5 Å². The van der Waals surface area contributed by atoms with Crippen LogP contribution in [0.3, 0.4) is 0 Å². The van der Waals surface area contributed by atoms with Crippen LogP contribution in [0.1, 0.15) is 16.3 Å². The summed E-state index contributed by atoms with van der Waals surface area (Å²) in [5.74, 6) is 0.207. The number of aryl methyl sites for hydroxylation is 1. The first-order valence-corrected chi connectivity index (χ1v) is 5.91. The summed E-state index contributed by atoms with van der Waals surface area (Å²) in [5.41, 5.74) is -0.551. The highest BCUT2D eigenvalue weighted by molar-refractivity contribution is 6.03. The van der Waals surface area contributed by atoms with E-state index in [1.54, 1.807) is 37.3 Å². The molecule has 100 valence electrons. The highest BCUT2D eigenvalue weighted by atomic mass is 16.5. The van der Waals surface area contributed by atoms with Crippen LogP contribution < -0.4 is 10.9 Å². The van der Waals surface area contributed by atoms with Crippen molar-refractivity contribution in [2.24, 2.45) is 0 Å². The van der Waals surface area contributed by atoms with Gasteiger partial charge in [0.2, 0.25) is 0 Å². The monoisotopic (exact) mass is 270 g/mol. The first kappa shape index (κ1) is 12.2. The molecule has 1 N–H and O–H groups in total. The molecule has 0 saturated heterocycles. The van der Waals surface area contributed by atoms with Gasteiger partial charge >= 0.3 is 5.63 Å². The van der Waals surface area contributed by atoms with Gasteiger partial charge in [0.25, 0.3) is 5.91 Å². The number of rotatable bonds is 2. The molecule has 0 bridgehead atoms. The van der Waals surface area contributed by atoms with Crippen molar-refractivity contribution < 1.29 is 13.7 Å². The Bertz CT molecular complexity index is 848. The number of amides is 1. The van der Waals surface area contributed by atoms with Gasteiger partial charge in [0.1, 0.15) is 5.76 Å². The molecule has 0 fully saturated rings. The average molecular weight is 270 g/mol. The van der Waals surface area contributed by atoms with Crippen LogP contribution in [0.4, 0.5) is 5.82 Å². The summed E-state index contributed by atoms with van der Waals surface area (Å²) in [6.45, 7) is 1.71. The van der Waals surface area contributed by atoms with E-state index in [0.29, 0.717) is 16.5 Å². The number of nitrogens with one attached hydrogen (secondary N) is 1. The number of benzene rings is 1. The molecule has 0 unspecified atom stereocenters. The molecule has 6 nitrogen and oxygen atoms in total. The normalized spacial score (nSPS) is 10.7. The van der Waals surface area contributed by atoms with E-state index in [4.69, 9.17) is 8.94 Å². The van der Waals surface area contributed by atoms with Gasteiger partial charge in [-0.15, -0.1) is 0 Å². The summed E-state index contributed by atoms with van der Waals surface area (Å²) in [6, 6.07) is 9.98. The molecule has 3 rings (SSSR count). The molecule has 2 heterocycles. The van der Waals surface area contributed by atoms with Crippen LogP contribution in [-0.2, 0) is 0 Å². The minimum atomic E-state index is -0.554. The number of hydrogen-bond acceptors (Lipinski definition) is 5. The number of aromatic nitrogens is 1. The number of fused-ring (bicyclic) bond motifs is 1. The second kappa shape index (κ2) is 4.65. The summed E-state index contributed by atoms with van der Waals surface area (Å²) < 4.78 is 9.84. The van der Waals surface area contributed by atoms with Gasteiger partial charge in [0.05, 0.1) is 5.39 Å². The van der Waals surface area contributed by atoms with Gasteiger partial charge in [-0.3, -0.25) is 4.79 Å². The van der Waals surface area contributed by atoms with Gasteiger partial charge in [0.15, 0.2) is 11.6 Å². The Morgan fingerprint density at radius 3 is 2.80 bits per heavy atom. The molecule has 0 aliphatic rings. The van der Waals surface area contributed by atoms with Crippen molar-refractivity contribution in [3.8, 4) is 0 Å². The lowest BCUT2D eigenvalue weighted by molar-refractivity contribution is 0.0992. The fourth-order valence-electron chi connectivity index (χ4n) is 1.85. The van der Waals surface area contributed by atoms with Crippen molar-refractivity contribution in [1.82, 2.24) is 5.16 Å². The first-order chi connectivity index (χ1) is 9.63. The number of hydrogen-bond donors (Lipinski definition) is 1. The van der Waals surface area contributed by atoms with E-state index in [0.717, 1.165) is 0 Å². The van der Waals surface area contributed by atoms with E-state index in [1.165, 1.54) is 6.07 Å². The van der Waals surface area contributed by atoms with Crippen LogP contribution in [0.5, 0.6) is 0 Å². The Morgan fingerprint density at radius 1 is 1.25 bits per heavy atom. The minimum absolute atomic E-state index is 0.0747. The molecule has 0 radical (unpaired) electrons. The zero-order chi connectivity index (χ0) is 14.1. The average Bonchev–Trinajstić information content (AvgIpc) is 2.84. The van der Waals surface area contributed by atoms with E-state index >= 15 is 0 Å². The number of nitrogens with zero attached hydrogens (tertiary/aromatic N) is 1.